The highest BCUT2D eigenvalue weighted by atomic mass is 19.4. The van der Waals surface area contributed by atoms with Crippen LogP contribution in [0, 0.1) is 5.82 Å². The standard InChI is InChI=1S/C9H10F4N2/c10-6-3-1-2-5(9(11,12)13)8(6)7(15)4-14/h1-3,7H,4,14-15H2/t7-/m0/s1. The fraction of sp³-hybridized carbons (Fsp3) is 0.333. The van der Waals surface area contributed by atoms with Crippen molar-refractivity contribution in [3.8, 4) is 0 Å². The van der Waals surface area contributed by atoms with Crippen LogP contribution in [0.4, 0.5) is 17.6 Å². The van der Waals surface area contributed by atoms with E-state index >= 15 is 0 Å². The largest absolute Gasteiger partial charge is 0.416 e. The van der Waals surface area contributed by atoms with Crippen molar-refractivity contribution in [1.29, 1.82) is 0 Å². The minimum Gasteiger partial charge on any atom is -0.329 e. The van der Waals surface area contributed by atoms with Crippen molar-refractivity contribution in [3.63, 3.8) is 0 Å². The van der Waals surface area contributed by atoms with E-state index in [1.54, 1.807) is 0 Å². The van der Waals surface area contributed by atoms with Crippen LogP contribution in [0.1, 0.15) is 17.2 Å². The number of hydrogen-bond acceptors (Lipinski definition) is 2. The van der Waals surface area contributed by atoms with Crippen molar-refractivity contribution in [2.45, 2.75) is 12.2 Å². The van der Waals surface area contributed by atoms with E-state index in [1.807, 2.05) is 0 Å². The van der Waals surface area contributed by atoms with E-state index in [-0.39, 0.29) is 6.54 Å². The Morgan fingerprint density at radius 3 is 2.33 bits per heavy atom. The van der Waals surface area contributed by atoms with Crippen LogP contribution in [0.3, 0.4) is 0 Å². The second kappa shape index (κ2) is 4.16. The topological polar surface area (TPSA) is 52.0 Å². The molecule has 0 aliphatic rings. The van der Waals surface area contributed by atoms with Gasteiger partial charge in [-0.1, -0.05) is 6.07 Å². The summed E-state index contributed by atoms with van der Waals surface area (Å²) in [5.74, 6) is -0.984. The van der Waals surface area contributed by atoms with Crippen LogP contribution >= 0.6 is 0 Å². The molecule has 0 amide bonds. The third-order valence-corrected chi connectivity index (χ3v) is 1.98. The molecular weight excluding hydrogens is 212 g/mol. The Morgan fingerprint density at radius 2 is 1.87 bits per heavy atom. The predicted molar refractivity (Wildman–Crippen MR) is 47.4 cm³/mol. The average Bonchev–Trinajstić information content (AvgIpc) is 2.15. The minimum absolute atomic E-state index is 0.246. The Labute approximate surface area is 83.9 Å². The molecule has 1 atom stereocenters. The fourth-order valence-corrected chi connectivity index (χ4v) is 1.28. The Balaban J connectivity index is 3.33. The monoisotopic (exact) mass is 222 g/mol. The first-order valence-electron chi connectivity index (χ1n) is 4.19. The van der Waals surface area contributed by atoms with Gasteiger partial charge in [-0.3, -0.25) is 0 Å². The van der Waals surface area contributed by atoms with Crippen molar-refractivity contribution in [2.75, 3.05) is 6.54 Å². The molecule has 4 N–H and O–H groups in total. The van der Waals surface area contributed by atoms with E-state index in [1.165, 1.54) is 0 Å². The van der Waals surface area contributed by atoms with Crippen LogP contribution in [-0.2, 0) is 6.18 Å². The van der Waals surface area contributed by atoms with E-state index in [2.05, 4.69) is 0 Å². The van der Waals surface area contributed by atoms with Gasteiger partial charge in [-0.15, -0.1) is 0 Å². The summed E-state index contributed by atoms with van der Waals surface area (Å²) in [6.07, 6.45) is -4.62. The van der Waals surface area contributed by atoms with Gasteiger partial charge in [0.1, 0.15) is 5.82 Å². The second-order valence-corrected chi connectivity index (χ2v) is 3.04. The summed E-state index contributed by atoms with van der Waals surface area (Å²) >= 11 is 0. The number of halogens is 4. The molecule has 0 radical (unpaired) electrons. The van der Waals surface area contributed by atoms with Gasteiger partial charge in [0.2, 0.25) is 0 Å². The molecule has 2 nitrogen and oxygen atoms in total. The van der Waals surface area contributed by atoms with E-state index in [4.69, 9.17) is 11.5 Å². The summed E-state index contributed by atoms with van der Waals surface area (Å²) in [6, 6.07) is 1.56. The van der Waals surface area contributed by atoms with Crippen LogP contribution in [0.15, 0.2) is 18.2 Å². The molecule has 0 aromatic heterocycles. The normalized spacial score (nSPS) is 14.0. The lowest BCUT2D eigenvalue weighted by Gasteiger charge is -2.17. The molecule has 0 heterocycles. The molecule has 0 saturated carbocycles. The van der Waals surface area contributed by atoms with Gasteiger partial charge in [0.25, 0.3) is 0 Å². The van der Waals surface area contributed by atoms with E-state index in [0.717, 1.165) is 18.2 Å². The van der Waals surface area contributed by atoms with Gasteiger partial charge in [-0.2, -0.15) is 13.2 Å². The zero-order valence-electron chi connectivity index (χ0n) is 7.68. The molecule has 0 fully saturated rings. The number of rotatable bonds is 2. The van der Waals surface area contributed by atoms with Crippen molar-refractivity contribution in [1.82, 2.24) is 0 Å². The zero-order chi connectivity index (χ0) is 11.6. The lowest BCUT2D eigenvalue weighted by Crippen LogP contribution is -2.25. The molecule has 0 saturated heterocycles. The molecule has 1 aromatic rings. The number of nitrogens with two attached hydrogens (primary N) is 2. The molecule has 84 valence electrons. The number of benzene rings is 1. The lowest BCUT2D eigenvalue weighted by atomic mass is 10.00. The highest BCUT2D eigenvalue weighted by molar-refractivity contribution is 5.33. The van der Waals surface area contributed by atoms with Crippen molar-refractivity contribution < 1.29 is 17.6 Å². The highest BCUT2D eigenvalue weighted by Gasteiger charge is 2.35. The average molecular weight is 222 g/mol. The van der Waals surface area contributed by atoms with Crippen LogP contribution in [-0.4, -0.2) is 6.54 Å². The summed E-state index contributed by atoms with van der Waals surface area (Å²) in [5.41, 5.74) is 8.81. The van der Waals surface area contributed by atoms with Crippen LogP contribution < -0.4 is 11.5 Å². The van der Waals surface area contributed by atoms with Crippen molar-refractivity contribution in [3.05, 3.63) is 35.1 Å². The summed E-state index contributed by atoms with van der Waals surface area (Å²) in [4.78, 5) is 0. The Morgan fingerprint density at radius 1 is 1.27 bits per heavy atom. The van der Waals surface area contributed by atoms with Gasteiger partial charge in [0, 0.05) is 18.2 Å². The Bertz CT molecular complexity index is 348. The molecule has 0 aliphatic heterocycles. The molecule has 6 heteroatoms. The molecule has 1 aromatic carbocycles. The van der Waals surface area contributed by atoms with Crippen LogP contribution in [0.5, 0.6) is 0 Å². The summed E-state index contributed by atoms with van der Waals surface area (Å²) in [6.45, 7) is -0.246. The first-order valence-corrected chi connectivity index (χ1v) is 4.19. The highest BCUT2D eigenvalue weighted by Crippen LogP contribution is 2.34. The second-order valence-electron chi connectivity index (χ2n) is 3.04. The van der Waals surface area contributed by atoms with Crippen molar-refractivity contribution in [2.24, 2.45) is 11.5 Å². The maximum absolute atomic E-state index is 13.2. The molecule has 15 heavy (non-hydrogen) atoms. The lowest BCUT2D eigenvalue weighted by molar-refractivity contribution is -0.138. The first-order chi connectivity index (χ1) is 6.88. The molecule has 1 rings (SSSR count). The van der Waals surface area contributed by atoms with Crippen LogP contribution in [0.25, 0.3) is 0 Å². The molecule has 0 aliphatic carbocycles. The quantitative estimate of drug-likeness (QED) is 0.749. The van der Waals surface area contributed by atoms with Gasteiger partial charge >= 0.3 is 6.18 Å². The van der Waals surface area contributed by atoms with Gasteiger partial charge < -0.3 is 11.5 Å². The minimum atomic E-state index is -4.62. The predicted octanol–water partition coefficient (Wildman–Crippen LogP) is 1.80. The third-order valence-electron chi connectivity index (χ3n) is 1.98. The van der Waals surface area contributed by atoms with Gasteiger partial charge in [-0.25, -0.2) is 4.39 Å². The van der Waals surface area contributed by atoms with Gasteiger partial charge in [-0.05, 0) is 12.1 Å². The molecule has 0 spiro atoms. The van der Waals surface area contributed by atoms with Gasteiger partial charge in [0.05, 0.1) is 5.56 Å². The molecular formula is C9H10F4N2. The summed E-state index contributed by atoms with van der Waals surface area (Å²) in [5, 5.41) is 0. The molecule has 0 unspecified atom stereocenters. The first kappa shape index (κ1) is 11.9. The SMILES string of the molecule is NC[C@H](N)c1c(F)cccc1C(F)(F)F. The Hall–Kier alpha value is -1.14. The summed E-state index contributed by atoms with van der Waals surface area (Å²) in [7, 11) is 0. The van der Waals surface area contributed by atoms with Crippen molar-refractivity contribution >= 4 is 0 Å². The Kier molecular flexibility index (Phi) is 3.31. The van der Waals surface area contributed by atoms with E-state index in [9.17, 15) is 17.6 Å². The maximum Gasteiger partial charge on any atom is 0.416 e. The zero-order valence-corrected chi connectivity index (χ0v) is 7.68. The maximum atomic E-state index is 13.2. The summed E-state index contributed by atoms with van der Waals surface area (Å²) < 4.78 is 50.6. The molecule has 0 bridgehead atoms. The number of alkyl halides is 3. The third kappa shape index (κ3) is 2.45. The fourth-order valence-electron chi connectivity index (χ4n) is 1.28. The number of hydrogen-bond donors (Lipinski definition) is 2. The van der Waals surface area contributed by atoms with E-state index in [0.29, 0.717) is 0 Å². The smallest absolute Gasteiger partial charge is 0.329 e. The van der Waals surface area contributed by atoms with Gasteiger partial charge in [0.15, 0.2) is 0 Å². The van der Waals surface area contributed by atoms with Crippen LogP contribution in [0.2, 0.25) is 0 Å². The van der Waals surface area contributed by atoms with E-state index < -0.39 is 29.2 Å².